The Bertz CT molecular complexity index is 1490. The van der Waals surface area contributed by atoms with E-state index in [0.29, 0.717) is 19.6 Å². The van der Waals surface area contributed by atoms with Crippen molar-refractivity contribution >= 4 is 43.4 Å². The van der Waals surface area contributed by atoms with E-state index in [1.807, 2.05) is 6.92 Å². The predicted molar refractivity (Wildman–Crippen MR) is 207 cm³/mol. The first kappa shape index (κ1) is 45.0. The van der Waals surface area contributed by atoms with Crippen molar-refractivity contribution in [2.24, 2.45) is 0 Å². The zero-order valence-electron chi connectivity index (χ0n) is 31.7. The largest absolute Gasteiger partial charge is 1.00 e. The Morgan fingerprint density at radius 3 is 1.35 bits per heavy atom. The van der Waals surface area contributed by atoms with Gasteiger partial charge in [-0.05, 0) is 44.2 Å². The van der Waals surface area contributed by atoms with Crippen LogP contribution >= 0.6 is 0 Å². The molecule has 0 amide bonds. The molecule has 2 atom stereocenters. The summed E-state index contributed by atoms with van der Waals surface area (Å²) < 4.78 is 26.5. The molecule has 0 saturated carbocycles. The molecule has 0 heterocycles. The van der Waals surface area contributed by atoms with Gasteiger partial charge >= 0.3 is 33.6 Å². The third-order valence-corrected chi connectivity index (χ3v) is 19.4. The van der Waals surface area contributed by atoms with Crippen LogP contribution in [0.25, 0.3) is 0 Å². The third kappa shape index (κ3) is 10.7. The number of carbonyl (C=O) groups is 1. The zero-order valence-corrected chi connectivity index (χ0v) is 40.0. The van der Waals surface area contributed by atoms with E-state index < -0.39 is 22.7 Å². The molecule has 4 aromatic rings. The number of hydrogen-bond acceptors (Lipinski definition) is 5. The van der Waals surface area contributed by atoms with Crippen LogP contribution in [-0.4, -0.2) is 55.1 Å². The van der Waals surface area contributed by atoms with Crippen molar-refractivity contribution in [2.75, 3.05) is 20.3 Å². The van der Waals surface area contributed by atoms with E-state index in [4.69, 9.17) is 18.3 Å². The monoisotopic (exact) mass is 932 g/mol. The van der Waals surface area contributed by atoms with Gasteiger partial charge in [0.2, 0.25) is 0 Å². The third-order valence-electron chi connectivity index (χ3n) is 9.30. The van der Waals surface area contributed by atoms with Gasteiger partial charge in [-0.1, -0.05) is 163 Å². The summed E-state index contributed by atoms with van der Waals surface area (Å²) >= 11 is 0. The van der Waals surface area contributed by atoms with Crippen molar-refractivity contribution in [2.45, 2.75) is 83.6 Å². The van der Waals surface area contributed by atoms with Gasteiger partial charge < -0.3 is 30.7 Å². The molecular formula is C42H55ClHgO5Si2. The Labute approximate surface area is 336 Å². The molecule has 0 aliphatic heterocycles. The van der Waals surface area contributed by atoms with Gasteiger partial charge in [-0.3, -0.25) is 4.79 Å². The Kier molecular flexibility index (Phi) is 18.0. The summed E-state index contributed by atoms with van der Waals surface area (Å²) in [5.74, 6) is -0.231. The molecule has 2 radical (unpaired) electrons. The maximum atomic E-state index is 12.4. The molecule has 9 heteroatoms. The summed E-state index contributed by atoms with van der Waals surface area (Å²) in [7, 11) is -4.20. The van der Waals surface area contributed by atoms with Gasteiger partial charge in [-0.2, -0.15) is 0 Å². The Morgan fingerprint density at radius 1 is 0.647 bits per heavy atom. The van der Waals surface area contributed by atoms with E-state index in [0.717, 1.165) is 0 Å². The predicted octanol–water partition coefficient (Wildman–Crippen LogP) is 4.07. The van der Waals surface area contributed by atoms with Crippen molar-refractivity contribution in [3.05, 3.63) is 128 Å². The van der Waals surface area contributed by atoms with Crippen LogP contribution in [0.1, 0.15) is 61.3 Å². The molecule has 0 bridgehead atoms. The summed E-state index contributed by atoms with van der Waals surface area (Å²) in [4.78, 5) is 12.4. The van der Waals surface area contributed by atoms with Gasteiger partial charge in [0, 0.05) is 20.0 Å². The van der Waals surface area contributed by atoms with E-state index in [-0.39, 0.29) is 68.6 Å². The summed E-state index contributed by atoms with van der Waals surface area (Å²) in [5, 5.41) is 4.36. The topological polar surface area (TPSA) is 54.0 Å². The fraction of sp³-hybridized carbons (Fsp3) is 0.381. The van der Waals surface area contributed by atoms with Crippen LogP contribution in [0.4, 0.5) is 0 Å². The molecule has 0 aromatic heterocycles. The first-order valence-electron chi connectivity index (χ1n) is 17.5. The van der Waals surface area contributed by atoms with E-state index in [9.17, 15) is 4.79 Å². The normalized spacial score (nSPS) is 13.3. The van der Waals surface area contributed by atoms with Crippen LogP contribution in [0.15, 0.2) is 121 Å². The second-order valence-corrected chi connectivity index (χ2v) is 23.2. The second kappa shape index (κ2) is 20.4. The molecule has 4 rings (SSSR count). The molecule has 0 saturated heterocycles. The molecule has 0 aliphatic carbocycles. The van der Waals surface area contributed by atoms with Crippen LogP contribution in [0, 0.1) is 6.42 Å². The molecule has 0 spiro atoms. The minimum atomic E-state index is -2.99. The van der Waals surface area contributed by atoms with E-state index in [1.54, 1.807) is 7.11 Å². The van der Waals surface area contributed by atoms with Crippen molar-refractivity contribution < 1.29 is 63.2 Å². The maximum absolute atomic E-state index is 12.4. The molecule has 0 N–H and O–H groups in total. The molecule has 5 nitrogen and oxygen atoms in total. The van der Waals surface area contributed by atoms with Crippen molar-refractivity contribution in [3.63, 3.8) is 0 Å². The summed E-state index contributed by atoms with van der Waals surface area (Å²) in [6.45, 7) is 16.2. The first-order valence-corrected chi connectivity index (χ1v) is 21.3. The molecule has 0 fully saturated rings. The molecule has 270 valence electrons. The summed E-state index contributed by atoms with van der Waals surface area (Å²) in [6.07, 6.45) is 2.05. The minimum absolute atomic E-state index is 0. The average molecular weight is 932 g/mol. The van der Waals surface area contributed by atoms with Crippen LogP contribution in [0.3, 0.4) is 0 Å². The minimum Gasteiger partial charge on any atom is -1.00 e. The Balaban J connectivity index is 0.00000451. The van der Waals surface area contributed by atoms with Gasteiger partial charge in [0.15, 0.2) is 0 Å². The van der Waals surface area contributed by atoms with E-state index >= 15 is 0 Å². The second-order valence-electron chi connectivity index (χ2n) is 14.6. The molecule has 0 unspecified atom stereocenters. The first-order chi connectivity index (χ1) is 23.4. The maximum Gasteiger partial charge on any atom is 1.00 e. The fourth-order valence-corrected chi connectivity index (χ4v) is 16.2. The number of ether oxygens (including phenoxy) is 2. The number of esters is 1. The average Bonchev–Trinajstić information content (AvgIpc) is 3.09. The van der Waals surface area contributed by atoms with E-state index in [2.05, 4.69) is 169 Å². The van der Waals surface area contributed by atoms with Gasteiger partial charge in [0.05, 0.1) is 25.4 Å². The Hall–Kier alpha value is -2.11. The number of hydrogen-bond donors (Lipinski definition) is 0. The van der Waals surface area contributed by atoms with Gasteiger partial charge in [-0.15, -0.1) is 0 Å². The standard InChI is InChI=1S/C42H55O5Si2.ClH.Hg/c1-9-45-40(43)31-30-34(44-8)32-35(47-49(42(5,6)7,38-26-18-12-19-27-38)39-28-20-13-21-29-39)33-46-48(41(2,3)4,36-22-14-10-15-23-36)37-24-16-11-17-25-37;;/h10-29,32,34-35H,9,30-31,33H2,1-8H3;1H;/q;;+1/p-1/t34-,35+;;/m1../s1. The van der Waals surface area contributed by atoms with Crippen molar-refractivity contribution in [1.82, 2.24) is 0 Å². The Morgan fingerprint density at radius 2 is 1.02 bits per heavy atom. The SMILES string of the molecule is CCOC(=O)CC[C@H]([CH][C@@H](CO[Si](c1ccccc1)(c1ccccc1)C(C)(C)C)O[Si](c1ccccc1)(c1ccccc1)C(C)(C)C)OC.[Cl-].[Hg+]. The fourth-order valence-electron chi connectivity index (χ4n) is 7.04. The van der Waals surface area contributed by atoms with Crippen LogP contribution in [-0.2, 0) is 50.8 Å². The number of halogens is 1. The smallest absolute Gasteiger partial charge is 1.00 e. The molecular weight excluding hydrogens is 877 g/mol. The molecule has 4 aromatic carbocycles. The van der Waals surface area contributed by atoms with Crippen LogP contribution < -0.4 is 33.2 Å². The van der Waals surface area contributed by atoms with Gasteiger partial charge in [0.1, 0.15) is 0 Å². The number of methoxy groups -OCH3 is 1. The van der Waals surface area contributed by atoms with Gasteiger partial charge in [0.25, 0.3) is 16.6 Å². The van der Waals surface area contributed by atoms with E-state index in [1.165, 1.54) is 20.7 Å². The van der Waals surface area contributed by atoms with Gasteiger partial charge in [-0.25, -0.2) is 0 Å². The molecule has 0 aliphatic rings. The number of rotatable bonds is 16. The van der Waals surface area contributed by atoms with Crippen LogP contribution in [0.2, 0.25) is 10.1 Å². The summed E-state index contributed by atoms with van der Waals surface area (Å²) in [5.41, 5.74) is 0. The number of carbonyl (C=O) groups excluding carboxylic acids is 1. The van der Waals surface area contributed by atoms with Crippen molar-refractivity contribution in [1.29, 1.82) is 0 Å². The summed E-state index contributed by atoms with van der Waals surface area (Å²) in [6, 6.07) is 42.7. The number of benzene rings is 4. The zero-order chi connectivity index (χ0) is 35.5. The van der Waals surface area contributed by atoms with Crippen LogP contribution in [0.5, 0.6) is 0 Å². The quantitative estimate of drug-likeness (QED) is 0.126. The van der Waals surface area contributed by atoms with Crippen molar-refractivity contribution in [3.8, 4) is 0 Å². The molecule has 51 heavy (non-hydrogen) atoms.